The minimum absolute atomic E-state index is 0.344. The molecule has 2 aromatic rings. The summed E-state index contributed by atoms with van der Waals surface area (Å²) in [6, 6.07) is 15.8. The molecule has 2 nitrogen and oxygen atoms in total. The smallest absolute Gasteiger partial charge is 0.145 e. The van der Waals surface area contributed by atoms with Crippen molar-refractivity contribution in [3.05, 3.63) is 72.0 Å². The first-order valence-electron chi connectivity index (χ1n) is 6.25. The monoisotopic (exact) mass is 254 g/mol. The summed E-state index contributed by atoms with van der Waals surface area (Å²) >= 11 is 0. The molecular formula is C17H18O2. The molecule has 0 saturated heterocycles. The normalized spacial score (nSPS) is 10.0. The molecule has 0 N–H and O–H groups in total. The fourth-order valence-corrected chi connectivity index (χ4v) is 1.60. The van der Waals surface area contributed by atoms with Gasteiger partial charge in [-0.25, -0.2) is 0 Å². The van der Waals surface area contributed by atoms with Crippen LogP contribution in [-0.4, -0.2) is 6.61 Å². The Balaban J connectivity index is 1.84. The Morgan fingerprint density at radius 1 is 0.842 bits per heavy atom. The van der Waals surface area contributed by atoms with E-state index in [9.17, 15) is 0 Å². The van der Waals surface area contributed by atoms with E-state index in [0.29, 0.717) is 12.4 Å². The lowest BCUT2D eigenvalue weighted by molar-refractivity contribution is 0.282. The number of hydrogen-bond acceptors (Lipinski definition) is 2. The van der Waals surface area contributed by atoms with Gasteiger partial charge >= 0.3 is 0 Å². The van der Waals surface area contributed by atoms with Crippen LogP contribution in [0, 0.1) is 13.8 Å². The van der Waals surface area contributed by atoms with Crippen molar-refractivity contribution in [1.82, 2.24) is 0 Å². The van der Waals surface area contributed by atoms with Gasteiger partial charge in [0.1, 0.15) is 23.9 Å². The largest absolute Gasteiger partial charge is 0.486 e. The van der Waals surface area contributed by atoms with E-state index >= 15 is 0 Å². The van der Waals surface area contributed by atoms with Crippen LogP contribution < -0.4 is 9.47 Å². The molecule has 2 rings (SSSR count). The lowest BCUT2D eigenvalue weighted by atomic mass is 10.2. The van der Waals surface area contributed by atoms with Gasteiger partial charge in [0.15, 0.2) is 0 Å². The number of hydrogen-bond donors (Lipinski definition) is 0. The molecule has 0 aliphatic rings. The summed E-state index contributed by atoms with van der Waals surface area (Å²) in [7, 11) is 0. The van der Waals surface area contributed by atoms with Gasteiger partial charge < -0.3 is 9.47 Å². The fourth-order valence-electron chi connectivity index (χ4n) is 1.60. The Morgan fingerprint density at radius 2 is 1.32 bits per heavy atom. The zero-order valence-electron chi connectivity index (χ0n) is 11.3. The molecule has 2 aromatic carbocycles. The van der Waals surface area contributed by atoms with Crippen LogP contribution in [0.25, 0.3) is 0 Å². The average Bonchev–Trinajstić information content (AvgIpc) is 2.41. The highest BCUT2D eigenvalue weighted by atomic mass is 16.5. The maximum absolute atomic E-state index is 5.60. The molecule has 0 unspecified atom stereocenters. The molecule has 0 saturated carbocycles. The summed E-state index contributed by atoms with van der Waals surface area (Å²) in [5.74, 6) is 2.19. The summed E-state index contributed by atoms with van der Waals surface area (Å²) < 4.78 is 11.2. The first-order chi connectivity index (χ1) is 9.13. The van der Waals surface area contributed by atoms with Gasteiger partial charge in [-0.1, -0.05) is 42.0 Å². The highest BCUT2D eigenvalue weighted by molar-refractivity contribution is 5.28. The van der Waals surface area contributed by atoms with Gasteiger partial charge in [-0.2, -0.15) is 0 Å². The van der Waals surface area contributed by atoms with E-state index in [1.165, 1.54) is 11.1 Å². The quantitative estimate of drug-likeness (QED) is 0.742. The first kappa shape index (κ1) is 13.2. The van der Waals surface area contributed by atoms with Gasteiger partial charge in [-0.15, -0.1) is 0 Å². The first-order valence-corrected chi connectivity index (χ1v) is 6.25. The van der Waals surface area contributed by atoms with E-state index in [1.54, 1.807) is 0 Å². The predicted molar refractivity (Wildman–Crippen MR) is 77.6 cm³/mol. The minimum Gasteiger partial charge on any atom is -0.486 e. The van der Waals surface area contributed by atoms with Gasteiger partial charge in [-0.3, -0.25) is 0 Å². The van der Waals surface area contributed by atoms with Crippen LogP contribution in [-0.2, 0) is 0 Å². The van der Waals surface area contributed by atoms with Gasteiger partial charge in [0.05, 0.1) is 0 Å². The zero-order valence-corrected chi connectivity index (χ0v) is 11.3. The lowest BCUT2D eigenvalue weighted by Crippen LogP contribution is -2.05. The molecule has 19 heavy (non-hydrogen) atoms. The fraction of sp³-hybridized carbons (Fsp3) is 0.176. The molecule has 0 amide bonds. The maximum atomic E-state index is 5.60. The Kier molecular flexibility index (Phi) is 4.24. The summed E-state index contributed by atoms with van der Waals surface area (Å²) in [6.07, 6.45) is 0. The van der Waals surface area contributed by atoms with E-state index in [1.807, 2.05) is 62.4 Å². The molecule has 98 valence electrons. The maximum Gasteiger partial charge on any atom is 0.145 e. The van der Waals surface area contributed by atoms with Gasteiger partial charge in [0.25, 0.3) is 0 Å². The Bertz CT molecular complexity index is 538. The number of rotatable bonds is 5. The average molecular weight is 254 g/mol. The van der Waals surface area contributed by atoms with Gasteiger partial charge in [0, 0.05) is 0 Å². The highest BCUT2D eigenvalue weighted by Gasteiger charge is 2.00. The molecular weight excluding hydrogens is 236 g/mol. The van der Waals surface area contributed by atoms with Crippen LogP contribution in [0.4, 0.5) is 0 Å². The molecule has 2 heteroatoms. The van der Waals surface area contributed by atoms with E-state index < -0.39 is 0 Å². The van der Waals surface area contributed by atoms with Crippen LogP contribution in [0.5, 0.6) is 11.5 Å². The molecule has 0 bridgehead atoms. The lowest BCUT2D eigenvalue weighted by Gasteiger charge is -2.10. The van der Waals surface area contributed by atoms with Crippen molar-refractivity contribution in [3.63, 3.8) is 0 Å². The molecule has 0 heterocycles. The van der Waals surface area contributed by atoms with Crippen LogP contribution in [0.1, 0.15) is 11.1 Å². The third-order valence-corrected chi connectivity index (χ3v) is 2.70. The standard InChI is InChI=1S/C17H18O2/c1-13-4-8-16(9-5-13)18-12-15(3)19-17-10-6-14(2)7-11-17/h4-11H,3,12H2,1-2H3. The van der Waals surface area contributed by atoms with Gasteiger partial charge in [-0.05, 0) is 38.1 Å². The molecule has 0 spiro atoms. The highest BCUT2D eigenvalue weighted by Crippen LogP contribution is 2.16. The summed E-state index contributed by atoms with van der Waals surface area (Å²) in [6.45, 7) is 8.29. The molecule has 0 aliphatic carbocycles. The Hall–Kier alpha value is -2.22. The zero-order chi connectivity index (χ0) is 13.7. The van der Waals surface area contributed by atoms with Crippen LogP contribution in [0.15, 0.2) is 60.9 Å². The van der Waals surface area contributed by atoms with Crippen molar-refractivity contribution in [2.75, 3.05) is 6.61 Å². The van der Waals surface area contributed by atoms with Crippen molar-refractivity contribution in [2.24, 2.45) is 0 Å². The third kappa shape index (κ3) is 4.18. The Labute approximate surface area is 114 Å². The summed E-state index contributed by atoms with van der Waals surface area (Å²) in [5.41, 5.74) is 2.41. The molecule has 0 atom stereocenters. The van der Waals surface area contributed by atoms with Gasteiger partial charge in [0.2, 0.25) is 0 Å². The van der Waals surface area contributed by atoms with E-state index in [-0.39, 0.29) is 0 Å². The molecule has 0 aliphatic heterocycles. The summed E-state index contributed by atoms with van der Waals surface area (Å²) in [5, 5.41) is 0. The second kappa shape index (κ2) is 6.10. The van der Waals surface area contributed by atoms with E-state index in [0.717, 1.165) is 11.5 Å². The van der Waals surface area contributed by atoms with Crippen LogP contribution in [0.3, 0.4) is 0 Å². The van der Waals surface area contributed by atoms with Crippen LogP contribution >= 0.6 is 0 Å². The Morgan fingerprint density at radius 3 is 1.84 bits per heavy atom. The SMILES string of the molecule is C=C(COc1ccc(C)cc1)Oc1ccc(C)cc1. The van der Waals surface area contributed by atoms with Crippen molar-refractivity contribution in [2.45, 2.75) is 13.8 Å². The number of ether oxygens (including phenoxy) is 2. The number of aryl methyl sites for hydroxylation is 2. The van der Waals surface area contributed by atoms with Crippen molar-refractivity contribution < 1.29 is 9.47 Å². The third-order valence-electron chi connectivity index (χ3n) is 2.70. The van der Waals surface area contributed by atoms with Crippen molar-refractivity contribution in [3.8, 4) is 11.5 Å². The van der Waals surface area contributed by atoms with E-state index in [4.69, 9.17) is 9.47 Å². The second-order valence-corrected chi connectivity index (χ2v) is 4.56. The minimum atomic E-state index is 0.344. The summed E-state index contributed by atoms with van der Waals surface area (Å²) in [4.78, 5) is 0. The van der Waals surface area contributed by atoms with Crippen molar-refractivity contribution >= 4 is 0 Å². The predicted octanol–water partition coefficient (Wildman–Crippen LogP) is 4.27. The molecule has 0 radical (unpaired) electrons. The van der Waals surface area contributed by atoms with E-state index in [2.05, 4.69) is 6.58 Å². The van der Waals surface area contributed by atoms with Crippen LogP contribution in [0.2, 0.25) is 0 Å². The second-order valence-electron chi connectivity index (χ2n) is 4.56. The molecule has 0 fully saturated rings. The topological polar surface area (TPSA) is 18.5 Å². The van der Waals surface area contributed by atoms with Crippen molar-refractivity contribution in [1.29, 1.82) is 0 Å². The molecule has 0 aromatic heterocycles. The number of benzene rings is 2.